The van der Waals surface area contributed by atoms with Gasteiger partial charge in [-0.05, 0) is 43.9 Å². The Morgan fingerprint density at radius 1 is 1.28 bits per heavy atom. The molecule has 2 heterocycles. The van der Waals surface area contributed by atoms with E-state index in [-0.39, 0.29) is 24.0 Å². The van der Waals surface area contributed by atoms with Crippen molar-refractivity contribution >= 4 is 17.6 Å². The SMILES string of the molecule is CC[C@H]1CN(C(=O)N2CCC(C(=O)NC)CC2)c2cc(C)ccc2O1. The second-order valence-electron chi connectivity index (χ2n) is 6.89. The van der Waals surface area contributed by atoms with Crippen LogP contribution in [0.2, 0.25) is 0 Å². The van der Waals surface area contributed by atoms with Gasteiger partial charge in [0.05, 0.1) is 12.2 Å². The van der Waals surface area contributed by atoms with Crippen molar-refractivity contribution in [1.82, 2.24) is 10.2 Å². The number of nitrogens with one attached hydrogen (secondary N) is 1. The van der Waals surface area contributed by atoms with Crippen molar-refractivity contribution in [3.63, 3.8) is 0 Å². The van der Waals surface area contributed by atoms with E-state index < -0.39 is 0 Å². The first-order valence-electron chi connectivity index (χ1n) is 9.08. The van der Waals surface area contributed by atoms with Gasteiger partial charge in [-0.3, -0.25) is 9.69 Å². The number of hydrogen-bond acceptors (Lipinski definition) is 3. The largest absolute Gasteiger partial charge is 0.486 e. The van der Waals surface area contributed by atoms with E-state index in [9.17, 15) is 9.59 Å². The molecule has 2 aliphatic heterocycles. The van der Waals surface area contributed by atoms with Crippen LogP contribution in [0, 0.1) is 12.8 Å². The lowest BCUT2D eigenvalue weighted by molar-refractivity contribution is -0.125. The summed E-state index contributed by atoms with van der Waals surface area (Å²) < 4.78 is 6.00. The van der Waals surface area contributed by atoms with Gasteiger partial charge in [0.2, 0.25) is 5.91 Å². The summed E-state index contributed by atoms with van der Waals surface area (Å²) in [6.45, 7) is 5.89. The highest BCUT2D eigenvalue weighted by Crippen LogP contribution is 2.36. The second-order valence-corrected chi connectivity index (χ2v) is 6.89. The van der Waals surface area contributed by atoms with Crippen molar-refractivity contribution in [1.29, 1.82) is 0 Å². The van der Waals surface area contributed by atoms with Crippen molar-refractivity contribution in [3.05, 3.63) is 23.8 Å². The van der Waals surface area contributed by atoms with Crippen LogP contribution in [0.5, 0.6) is 5.75 Å². The molecule has 0 unspecified atom stereocenters. The van der Waals surface area contributed by atoms with E-state index in [4.69, 9.17) is 4.74 Å². The first kappa shape index (κ1) is 17.6. The van der Waals surface area contributed by atoms with Gasteiger partial charge in [-0.1, -0.05) is 13.0 Å². The molecule has 0 aromatic heterocycles. The molecule has 0 bridgehead atoms. The zero-order valence-electron chi connectivity index (χ0n) is 15.2. The normalized spacial score (nSPS) is 20.7. The maximum Gasteiger partial charge on any atom is 0.324 e. The van der Waals surface area contributed by atoms with E-state index in [2.05, 4.69) is 12.2 Å². The number of hydrogen-bond donors (Lipinski definition) is 1. The number of rotatable bonds is 2. The van der Waals surface area contributed by atoms with Gasteiger partial charge >= 0.3 is 6.03 Å². The van der Waals surface area contributed by atoms with Gasteiger partial charge in [0.1, 0.15) is 11.9 Å². The van der Waals surface area contributed by atoms with Crippen LogP contribution < -0.4 is 15.0 Å². The average Bonchev–Trinajstić information content (AvgIpc) is 2.66. The Balaban J connectivity index is 1.76. The van der Waals surface area contributed by atoms with Crippen molar-refractivity contribution < 1.29 is 14.3 Å². The molecule has 3 amide bonds. The van der Waals surface area contributed by atoms with Gasteiger partial charge in [0.25, 0.3) is 0 Å². The predicted octanol–water partition coefficient (Wildman–Crippen LogP) is 2.55. The summed E-state index contributed by atoms with van der Waals surface area (Å²) in [4.78, 5) is 28.6. The number of fused-ring (bicyclic) bond motifs is 1. The first-order valence-corrected chi connectivity index (χ1v) is 9.08. The molecule has 0 aliphatic carbocycles. The molecule has 25 heavy (non-hydrogen) atoms. The number of amides is 3. The third-order valence-electron chi connectivity index (χ3n) is 5.15. The number of aryl methyl sites for hydroxylation is 1. The topological polar surface area (TPSA) is 61.9 Å². The van der Waals surface area contributed by atoms with Crippen LogP contribution in [0.15, 0.2) is 18.2 Å². The standard InChI is InChI=1S/C19H27N3O3/c1-4-15-12-22(16-11-13(2)5-6-17(16)25-15)19(24)21-9-7-14(8-10-21)18(23)20-3/h5-6,11,14-15H,4,7-10,12H2,1-3H3,(H,20,23)/t15-/m0/s1. The van der Waals surface area contributed by atoms with Crippen LogP contribution in [0.25, 0.3) is 0 Å². The van der Waals surface area contributed by atoms with E-state index >= 15 is 0 Å². The van der Waals surface area contributed by atoms with Crippen LogP contribution in [-0.4, -0.2) is 49.6 Å². The Morgan fingerprint density at radius 3 is 2.64 bits per heavy atom. The minimum Gasteiger partial charge on any atom is -0.486 e. The number of benzene rings is 1. The molecule has 1 aromatic rings. The minimum atomic E-state index is 0.0108. The van der Waals surface area contributed by atoms with Gasteiger partial charge in [0, 0.05) is 26.1 Å². The Morgan fingerprint density at radius 2 is 2.00 bits per heavy atom. The van der Waals surface area contributed by atoms with Crippen LogP contribution >= 0.6 is 0 Å². The number of carbonyl (C=O) groups excluding carboxylic acids is 2. The number of carbonyl (C=O) groups is 2. The molecule has 1 fully saturated rings. The molecule has 0 saturated carbocycles. The smallest absolute Gasteiger partial charge is 0.324 e. The summed E-state index contributed by atoms with van der Waals surface area (Å²) >= 11 is 0. The average molecular weight is 345 g/mol. The Labute approximate surface area is 149 Å². The summed E-state index contributed by atoms with van der Waals surface area (Å²) in [7, 11) is 1.66. The molecule has 6 nitrogen and oxygen atoms in total. The molecule has 1 atom stereocenters. The monoisotopic (exact) mass is 345 g/mol. The molecule has 1 aromatic carbocycles. The summed E-state index contributed by atoms with van der Waals surface area (Å²) in [6.07, 6.45) is 2.31. The van der Waals surface area contributed by atoms with Gasteiger partial charge < -0.3 is 15.0 Å². The number of nitrogens with zero attached hydrogens (tertiary/aromatic N) is 2. The van der Waals surface area contributed by atoms with Crippen LogP contribution in [0.1, 0.15) is 31.7 Å². The lowest BCUT2D eigenvalue weighted by atomic mass is 9.96. The van der Waals surface area contributed by atoms with E-state index in [1.807, 2.05) is 34.9 Å². The highest BCUT2D eigenvalue weighted by Gasteiger charge is 2.34. The van der Waals surface area contributed by atoms with Crippen LogP contribution in [0.4, 0.5) is 10.5 Å². The summed E-state index contributed by atoms with van der Waals surface area (Å²) in [5, 5.41) is 2.71. The van der Waals surface area contributed by atoms with Gasteiger partial charge in [-0.15, -0.1) is 0 Å². The maximum atomic E-state index is 13.1. The number of piperidine rings is 1. The lowest BCUT2D eigenvalue weighted by Gasteiger charge is -2.39. The molecular weight excluding hydrogens is 318 g/mol. The number of ether oxygens (including phenoxy) is 1. The van der Waals surface area contributed by atoms with E-state index in [0.717, 1.165) is 23.4 Å². The van der Waals surface area contributed by atoms with E-state index in [1.54, 1.807) is 7.05 Å². The quantitative estimate of drug-likeness (QED) is 0.896. The van der Waals surface area contributed by atoms with Gasteiger partial charge in [-0.25, -0.2) is 4.79 Å². The van der Waals surface area contributed by atoms with Crippen molar-refractivity contribution in [2.75, 3.05) is 31.6 Å². The molecule has 1 saturated heterocycles. The zero-order chi connectivity index (χ0) is 18.0. The number of likely N-dealkylation sites (tertiary alicyclic amines) is 1. The van der Waals surface area contributed by atoms with Crippen molar-refractivity contribution in [2.45, 2.75) is 39.2 Å². The summed E-state index contributed by atoms with van der Waals surface area (Å²) in [5.41, 5.74) is 1.96. The first-order chi connectivity index (χ1) is 12.0. The number of urea groups is 1. The summed E-state index contributed by atoms with van der Waals surface area (Å²) in [6, 6.07) is 5.99. The van der Waals surface area contributed by atoms with Crippen LogP contribution in [0.3, 0.4) is 0 Å². The Kier molecular flexibility index (Phi) is 5.16. The summed E-state index contributed by atoms with van der Waals surface area (Å²) in [5.74, 6) is 0.861. The molecule has 2 aliphatic rings. The number of anilines is 1. The van der Waals surface area contributed by atoms with Crippen molar-refractivity contribution in [3.8, 4) is 5.75 Å². The molecular formula is C19H27N3O3. The Bertz CT molecular complexity index is 653. The maximum absolute atomic E-state index is 13.1. The highest BCUT2D eigenvalue weighted by molar-refractivity contribution is 5.94. The second kappa shape index (κ2) is 7.33. The zero-order valence-corrected chi connectivity index (χ0v) is 15.2. The molecule has 136 valence electrons. The fraction of sp³-hybridized carbons (Fsp3) is 0.579. The van der Waals surface area contributed by atoms with Gasteiger partial charge in [0.15, 0.2) is 0 Å². The molecule has 0 spiro atoms. The van der Waals surface area contributed by atoms with Crippen molar-refractivity contribution in [2.24, 2.45) is 5.92 Å². The fourth-order valence-corrected chi connectivity index (χ4v) is 3.56. The molecule has 3 rings (SSSR count). The molecule has 0 radical (unpaired) electrons. The van der Waals surface area contributed by atoms with Gasteiger partial charge in [-0.2, -0.15) is 0 Å². The minimum absolute atomic E-state index is 0.0108. The predicted molar refractivity (Wildman–Crippen MR) is 97.0 cm³/mol. The van der Waals surface area contributed by atoms with E-state index in [1.165, 1.54) is 0 Å². The molecule has 1 N–H and O–H groups in total. The lowest BCUT2D eigenvalue weighted by Crippen LogP contribution is -2.52. The highest BCUT2D eigenvalue weighted by atomic mass is 16.5. The fourth-order valence-electron chi connectivity index (χ4n) is 3.56. The van der Waals surface area contributed by atoms with Crippen LogP contribution in [-0.2, 0) is 4.79 Å². The third-order valence-corrected chi connectivity index (χ3v) is 5.15. The Hall–Kier alpha value is -2.24. The third kappa shape index (κ3) is 3.57. The molecule has 6 heteroatoms. The van der Waals surface area contributed by atoms with E-state index in [0.29, 0.717) is 32.5 Å².